The molecule has 0 saturated heterocycles. The van der Waals surface area contributed by atoms with Crippen LogP contribution < -0.4 is 4.90 Å². The molecule has 0 atom stereocenters. The van der Waals surface area contributed by atoms with E-state index in [2.05, 4.69) is 205 Å². The Morgan fingerprint density at radius 3 is 1.57 bits per heavy atom. The fourth-order valence-electron chi connectivity index (χ4n) is 8.38. The molecule has 0 spiro atoms. The Morgan fingerprint density at radius 2 is 0.796 bits per heavy atom. The predicted molar refractivity (Wildman–Crippen MR) is 235 cm³/mol. The van der Waals surface area contributed by atoms with Crippen LogP contribution in [0.2, 0.25) is 0 Å². The van der Waals surface area contributed by atoms with Crippen molar-refractivity contribution in [3.05, 3.63) is 200 Å². The molecule has 0 aliphatic carbocycles. The molecule has 2 heteroatoms. The van der Waals surface area contributed by atoms with Gasteiger partial charge in [0.2, 0.25) is 0 Å². The molecule has 0 unspecified atom stereocenters. The molecule has 11 rings (SSSR count). The van der Waals surface area contributed by atoms with Crippen molar-refractivity contribution in [3.8, 4) is 22.3 Å². The highest BCUT2D eigenvalue weighted by atomic mass is 32.1. The summed E-state index contributed by atoms with van der Waals surface area (Å²) in [5.74, 6) is 0. The first kappa shape index (κ1) is 30.8. The van der Waals surface area contributed by atoms with Crippen molar-refractivity contribution in [1.29, 1.82) is 0 Å². The SMILES string of the molecule is c1cc(-c2ccc3ccccc3c2)cc(N(c2ccc(-c3ccc4sc5ccccc5c4c3)cc2)c2ccc3c4ccccc4c4ccccc4c3c2)c1. The standard InChI is InChI=1S/C52H33NS/c1-2-11-36-30-38(21-20-34(36)10-1)37-12-9-13-41(31-37)53(42-27-28-47-45-16-4-3-14-43(45)44-15-5-6-17-46(44)49(47)33-42)40-25-22-35(23-26-40)39-24-29-52-50(32-39)48-18-7-8-19-51(48)54-52/h1-33H. The van der Waals surface area contributed by atoms with Gasteiger partial charge in [0.25, 0.3) is 0 Å². The van der Waals surface area contributed by atoms with Crippen LogP contribution in [-0.2, 0) is 0 Å². The zero-order valence-electron chi connectivity index (χ0n) is 29.4. The summed E-state index contributed by atoms with van der Waals surface area (Å²) in [4.78, 5) is 2.41. The minimum absolute atomic E-state index is 1.11. The molecule has 252 valence electrons. The van der Waals surface area contributed by atoms with Crippen LogP contribution in [0.5, 0.6) is 0 Å². The van der Waals surface area contributed by atoms with E-state index in [1.54, 1.807) is 0 Å². The fourth-order valence-corrected chi connectivity index (χ4v) is 9.47. The molecule has 0 aliphatic heterocycles. The molecule has 0 aliphatic rings. The van der Waals surface area contributed by atoms with Crippen molar-refractivity contribution in [1.82, 2.24) is 0 Å². The van der Waals surface area contributed by atoms with Gasteiger partial charge in [0.1, 0.15) is 0 Å². The lowest BCUT2D eigenvalue weighted by Gasteiger charge is -2.27. The molecule has 1 aromatic heterocycles. The number of rotatable bonds is 5. The van der Waals surface area contributed by atoms with Crippen LogP contribution in [-0.4, -0.2) is 0 Å². The summed E-state index contributed by atoms with van der Waals surface area (Å²) >= 11 is 1.86. The Kier molecular flexibility index (Phi) is 7.11. The quantitative estimate of drug-likeness (QED) is 0.161. The zero-order valence-corrected chi connectivity index (χ0v) is 30.2. The monoisotopic (exact) mass is 703 g/mol. The smallest absolute Gasteiger partial charge is 0.0468 e. The van der Waals surface area contributed by atoms with E-state index < -0.39 is 0 Å². The lowest BCUT2D eigenvalue weighted by Crippen LogP contribution is -2.10. The average molecular weight is 704 g/mol. The Morgan fingerprint density at radius 1 is 0.259 bits per heavy atom. The number of nitrogens with zero attached hydrogens (tertiary/aromatic N) is 1. The van der Waals surface area contributed by atoms with Gasteiger partial charge >= 0.3 is 0 Å². The third-order valence-electron chi connectivity index (χ3n) is 11.0. The molecule has 1 heterocycles. The minimum Gasteiger partial charge on any atom is -0.310 e. The number of thiophene rings is 1. The van der Waals surface area contributed by atoms with Crippen LogP contribution in [0.4, 0.5) is 17.1 Å². The molecule has 0 fully saturated rings. The normalized spacial score (nSPS) is 11.7. The molecular formula is C52H33NS. The van der Waals surface area contributed by atoms with Crippen molar-refractivity contribution in [2.24, 2.45) is 0 Å². The van der Waals surface area contributed by atoms with Gasteiger partial charge in [0.05, 0.1) is 0 Å². The van der Waals surface area contributed by atoms with E-state index in [0.717, 1.165) is 17.1 Å². The summed E-state index contributed by atoms with van der Waals surface area (Å²) in [6.07, 6.45) is 0. The first-order valence-corrected chi connectivity index (χ1v) is 19.3. The summed E-state index contributed by atoms with van der Waals surface area (Å²) in [6.45, 7) is 0. The predicted octanol–water partition coefficient (Wildman–Crippen LogP) is 15.5. The van der Waals surface area contributed by atoms with Crippen LogP contribution in [0, 0.1) is 0 Å². The molecule has 0 saturated carbocycles. The summed E-state index contributed by atoms with van der Waals surface area (Å²) in [7, 11) is 0. The minimum atomic E-state index is 1.11. The summed E-state index contributed by atoms with van der Waals surface area (Å²) < 4.78 is 2.66. The van der Waals surface area contributed by atoms with Gasteiger partial charge in [-0.25, -0.2) is 0 Å². The van der Waals surface area contributed by atoms with Gasteiger partial charge in [-0.15, -0.1) is 11.3 Å². The molecule has 10 aromatic carbocycles. The number of fused-ring (bicyclic) bond motifs is 10. The van der Waals surface area contributed by atoms with Crippen molar-refractivity contribution in [2.45, 2.75) is 0 Å². The van der Waals surface area contributed by atoms with E-state index in [0.29, 0.717) is 0 Å². The van der Waals surface area contributed by atoms with Crippen LogP contribution >= 0.6 is 11.3 Å². The van der Waals surface area contributed by atoms with Crippen molar-refractivity contribution in [3.63, 3.8) is 0 Å². The van der Waals surface area contributed by atoms with Crippen molar-refractivity contribution < 1.29 is 0 Å². The molecule has 54 heavy (non-hydrogen) atoms. The van der Waals surface area contributed by atoms with Gasteiger partial charge in [-0.1, -0.05) is 140 Å². The second kappa shape index (κ2) is 12.4. The Bertz CT molecular complexity index is 3190. The third-order valence-corrected chi connectivity index (χ3v) is 12.2. The van der Waals surface area contributed by atoms with E-state index in [9.17, 15) is 0 Å². The summed E-state index contributed by atoms with van der Waals surface area (Å²) in [5, 5.41) is 12.8. The molecule has 0 amide bonds. The first-order chi connectivity index (χ1) is 26.7. The fraction of sp³-hybridized carbons (Fsp3) is 0. The molecule has 0 N–H and O–H groups in total. The van der Waals surface area contributed by atoms with Crippen molar-refractivity contribution in [2.75, 3.05) is 4.90 Å². The Hall–Kier alpha value is -6.74. The molecule has 0 bridgehead atoms. The number of hydrogen-bond donors (Lipinski definition) is 0. The van der Waals surface area contributed by atoms with Crippen LogP contribution in [0.3, 0.4) is 0 Å². The third kappa shape index (κ3) is 5.07. The number of hydrogen-bond acceptors (Lipinski definition) is 2. The molecule has 1 nitrogen and oxygen atoms in total. The van der Waals surface area contributed by atoms with Gasteiger partial charge < -0.3 is 4.90 Å². The summed E-state index contributed by atoms with van der Waals surface area (Å²) in [5.41, 5.74) is 8.18. The van der Waals surface area contributed by atoms with E-state index in [1.165, 1.54) is 85.5 Å². The van der Waals surface area contributed by atoms with Crippen molar-refractivity contribution >= 4 is 91.7 Å². The van der Waals surface area contributed by atoms with E-state index >= 15 is 0 Å². The van der Waals surface area contributed by atoms with E-state index in [-0.39, 0.29) is 0 Å². The lowest BCUT2D eigenvalue weighted by molar-refractivity contribution is 1.29. The molecule has 0 radical (unpaired) electrons. The Balaban J connectivity index is 1.08. The van der Waals surface area contributed by atoms with Crippen LogP contribution in [0.25, 0.3) is 85.5 Å². The second-order valence-electron chi connectivity index (χ2n) is 14.1. The Labute approximate surface area is 317 Å². The number of benzene rings is 10. The van der Waals surface area contributed by atoms with Crippen LogP contribution in [0.1, 0.15) is 0 Å². The topological polar surface area (TPSA) is 3.24 Å². The van der Waals surface area contributed by atoms with Gasteiger partial charge in [0.15, 0.2) is 0 Å². The highest BCUT2D eigenvalue weighted by molar-refractivity contribution is 7.25. The second-order valence-corrected chi connectivity index (χ2v) is 15.2. The molecule has 11 aromatic rings. The first-order valence-electron chi connectivity index (χ1n) is 18.5. The number of anilines is 3. The largest absolute Gasteiger partial charge is 0.310 e. The van der Waals surface area contributed by atoms with Gasteiger partial charge in [-0.05, 0) is 126 Å². The maximum Gasteiger partial charge on any atom is 0.0468 e. The van der Waals surface area contributed by atoms with Gasteiger partial charge in [-0.3, -0.25) is 0 Å². The highest BCUT2D eigenvalue weighted by Crippen LogP contribution is 2.43. The van der Waals surface area contributed by atoms with Gasteiger partial charge in [-0.2, -0.15) is 0 Å². The maximum atomic E-state index is 2.41. The lowest BCUT2D eigenvalue weighted by atomic mass is 9.94. The molecular weight excluding hydrogens is 671 g/mol. The maximum absolute atomic E-state index is 2.41. The van der Waals surface area contributed by atoms with E-state index in [4.69, 9.17) is 0 Å². The highest BCUT2D eigenvalue weighted by Gasteiger charge is 2.17. The zero-order chi connectivity index (χ0) is 35.6. The van der Waals surface area contributed by atoms with Crippen LogP contribution in [0.15, 0.2) is 200 Å². The average Bonchev–Trinajstić information content (AvgIpc) is 3.62. The van der Waals surface area contributed by atoms with E-state index in [1.807, 2.05) is 11.3 Å². The van der Waals surface area contributed by atoms with Gasteiger partial charge in [0, 0.05) is 37.2 Å². The summed E-state index contributed by atoms with van der Waals surface area (Å²) in [6, 6.07) is 73.6.